The van der Waals surface area contributed by atoms with E-state index in [4.69, 9.17) is 4.98 Å². The molecule has 0 aliphatic rings. The highest BCUT2D eigenvalue weighted by atomic mass is 79.9. The van der Waals surface area contributed by atoms with Crippen molar-refractivity contribution in [1.29, 1.82) is 0 Å². The Morgan fingerprint density at radius 2 is 1.95 bits per heavy atom. The zero-order valence-corrected chi connectivity index (χ0v) is 13.6. The maximum atomic E-state index is 4.81. The van der Waals surface area contributed by atoms with Gasteiger partial charge in [0.1, 0.15) is 0 Å². The van der Waals surface area contributed by atoms with E-state index in [1.807, 2.05) is 44.4 Å². The molecule has 2 aromatic heterocycles. The molecule has 0 aliphatic carbocycles. The number of nitrogens with zero attached hydrogens (tertiary/aromatic N) is 2. The lowest BCUT2D eigenvalue weighted by Crippen LogP contribution is -2.19. The van der Waals surface area contributed by atoms with Gasteiger partial charge in [0.05, 0.1) is 17.3 Å². The zero-order valence-electron chi connectivity index (χ0n) is 12.0. The number of nitrogens with one attached hydrogen (secondary N) is 1. The van der Waals surface area contributed by atoms with E-state index in [1.165, 1.54) is 0 Å². The number of pyridine rings is 2. The summed E-state index contributed by atoms with van der Waals surface area (Å²) in [6.45, 7) is 1.99. The second-order valence-corrected chi connectivity index (χ2v) is 5.86. The molecule has 2 heterocycles. The predicted molar refractivity (Wildman–Crippen MR) is 89.3 cm³/mol. The minimum atomic E-state index is 0.0112. The van der Waals surface area contributed by atoms with E-state index in [-0.39, 0.29) is 6.04 Å². The molecule has 0 bridgehead atoms. The third kappa shape index (κ3) is 2.82. The Morgan fingerprint density at radius 3 is 2.67 bits per heavy atom. The van der Waals surface area contributed by atoms with Crippen molar-refractivity contribution >= 4 is 26.8 Å². The maximum absolute atomic E-state index is 4.81. The number of halogens is 1. The van der Waals surface area contributed by atoms with E-state index >= 15 is 0 Å². The summed E-state index contributed by atoms with van der Waals surface area (Å²) in [5, 5.41) is 4.46. The Morgan fingerprint density at radius 1 is 1.14 bits per heavy atom. The lowest BCUT2D eigenvalue weighted by Gasteiger charge is -2.18. The van der Waals surface area contributed by atoms with Gasteiger partial charge in [-0.15, -0.1) is 0 Å². The molecule has 4 heteroatoms. The van der Waals surface area contributed by atoms with Crippen molar-refractivity contribution in [2.75, 3.05) is 7.05 Å². The normalized spacial score (nSPS) is 12.5. The standard InChI is InChI=1S/C17H16BrN3/c1-11-7-8-13(10-20-11)16(19-2)17-14(18)9-12-5-3-4-6-15(12)21-17/h3-10,16,19H,1-2H3. The smallest absolute Gasteiger partial charge is 0.0775 e. The molecular weight excluding hydrogens is 326 g/mol. The highest BCUT2D eigenvalue weighted by molar-refractivity contribution is 9.10. The van der Waals surface area contributed by atoms with Crippen molar-refractivity contribution in [3.05, 3.63) is 70.1 Å². The number of hydrogen-bond donors (Lipinski definition) is 1. The Balaban J connectivity index is 2.12. The van der Waals surface area contributed by atoms with E-state index in [0.29, 0.717) is 0 Å². The first kappa shape index (κ1) is 14.2. The molecule has 3 rings (SSSR count). The molecule has 0 radical (unpaired) electrons. The molecule has 0 saturated carbocycles. The van der Waals surface area contributed by atoms with Crippen molar-refractivity contribution in [2.45, 2.75) is 13.0 Å². The van der Waals surface area contributed by atoms with Gasteiger partial charge in [0, 0.05) is 21.7 Å². The fourth-order valence-electron chi connectivity index (χ4n) is 2.42. The summed E-state index contributed by atoms with van der Waals surface area (Å²) >= 11 is 3.65. The van der Waals surface area contributed by atoms with Gasteiger partial charge in [-0.1, -0.05) is 24.3 Å². The van der Waals surface area contributed by atoms with Crippen molar-refractivity contribution < 1.29 is 0 Å². The van der Waals surface area contributed by atoms with E-state index in [2.05, 4.69) is 44.4 Å². The van der Waals surface area contributed by atoms with E-state index < -0.39 is 0 Å². The van der Waals surface area contributed by atoms with Crippen LogP contribution in [-0.4, -0.2) is 17.0 Å². The SMILES string of the molecule is CNC(c1ccc(C)nc1)c1nc2ccccc2cc1Br. The molecule has 106 valence electrons. The first-order valence-electron chi connectivity index (χ1n) is 6.84. The molecule has 1 N–H and O–H groups in total. The van der Waals surface area contributed by atoms with Gasteiger partial charge < -0.3 is 5.32 Å². The third-order valence-electron chi connectivity index (χ3n) is 3.53. The molecule has 0 aliphatic heterocycles. The summed E-state index contributed by atoms with van der Waals surface area (Å²) < 4.78 is 1.00. The molecular formula is C17H16BrN3. The zero-order chi connectivity index (χ0) is 14.8. The van der Waals surface area contributed by atoms with Crippen LogP contribution in [0.1, 0.15) is 23.0 Å². The Labute approximate surface area is 132 Å². The van der Waals surface area contributed by atoms with Crippen LogP contribution in [-0.2, 0) is 0 Å². The minimum absolute atomic E-state index is 0.0112. The van der Waals surface area contributed by atoms with Gasteiger partial charge in [0.15, 0.2) is 0 Å². The summed E-state index contributed by atoms with van der Waals surface area (Å²) in [5.41, 5.74) is 4.09. The Hall–Kier alpha value is -1.78. The van der Waals surface area contributed by atoms with Crippen LogP contribution in [0.25, 0.3) is 10.9 Å². The maximum Gasteiger partial charge on any atom is 0.0775 e. The highest BCUT2D eigenvalue weighted by Crippen LogP contribution is 2.29. The molecule has 1 atom stereocenters. The van der Waals surface area contributed by atoms with Crippen LogP contribution in [0, 0.1) is 6.92 Å². The Kier molecular flexibility index (Phi) is 3.99. The molecule has 1 aromatic carbocycles. The van der Waals surface area contributed by atoms with Gasteiger partial charge in [0.2, 0.25) is 0 Å². The number of rotatable bonds is 3. The number of aromatic nitrogens is 2. The van der Waals surface area contributed by atoms with Crippen molar-refractivity contribution in [2.24, 2.45) is 0 Å². The molecule has 3 nitrogen and oxygen atoms in total. The fraction of sp³-hybridized carbons (Fsp3) is 0.176. The lowest BCUT2D eigenvalue weighted by molar-refractivity contribution is 0.667. The second kappa shape index (κ2) is 5.92. The average molecular weight is 342 g/mol. The third-order valence-corrected chi connectivity index (χ3v) is 4.17. The summed E-state index contributed by atoms with van der Waals surface area (Å²) in [6, 6.07) is 14.4. The van der Waals surface area contributed by atoms with Gasteiger partial charge in [-0.3, -0.25) is 4.98 Å². The van der Waals surface area contributed by atoms with Gasteiger partial charge >= 0.3 is 0 Å². The summed E-state index contributed by atoms with van der Waals surface area (Å²) in [5.74, 6) is 0. The van der Waals surface area contributed by atoms with Crippen LogP contribution in [0.4, 0.5) is 0 Å². The van der Waals surface area contributed by atoms with Crippen LogP contribution in [0.2, 0.25) is 0 Å². The number of para-hydroxylation sites is 1. The first-order chi connectivity index (χ1) is 10.2. The summed E-state index contributed by atoms with van der Waals surface area (Å²) in [4.78, 5) is 9.19. The molecule has 3 aromatic rings. The molecule has 0 fully saturated rings. The summed E-state index contributed by atoms with van der Waals surface area (Å²) in [6.07, 6.45) is 1.90. The average Bonchev–Trinajstić information content (AvgIpc) is 2.50. The van der Waals surface area contributed by atoms with Gasteiger partial charge in [-0.25, -0.2) is 4.98 Å². The van der Waals surface area contributed by atoms with E-state index in [9.17, 15) is 0 Å². The van der Waals surface area contributed by atoms with Crippen molar-refractivity contribution in [3.8, 4) is 0 Å². The number of benzene rings is 1. The number of aryl methyl sites for hydroxylation is 1. The molecule has 0 saturated heterocycles. The van der Waals surface area contributed by atoms with Crippen LogP contribution in [0.5, 0.6) is 0 Å². The van der Waals surface area contributed by atoms with Gasteiger partial charge in [0.25, 0.3) is 0 Å². The van der Waals surface area contributed by atoms with Crippen molar-refractivity contribution in [3.63, 3.8) is 0 Å². The topological polar surface area (TPSA) is 37.8 Å². The van der Waals surface area contributed by atoms with Crippen LogP contribution in [0.15, 0.2) is 53.1 Å². The summed E-state index contributed by atoms with van der Waals surface area (Å²) in [7, 11) is 1.94. The molecule has 0 amide bonds. The molecule has 0 spiro atoms. The highest BCUT2D eigenvalue weighted by Gasteiger charge is 2.17. The van der Waals surface area contributed by atoms with Crippen LogP contribution in [0.3, 0.4) is 0 Å². The van der Waals surface area contributed by atoms with Crippen LogP contribution >= 0.6 is 15.9 Å². The van der Waals surface area contributed by atoms with E-state index in [1.54, 1.807) is 0 Å². The second-order valence-electron chi connectivity index (χ2n) is 5.00. The Bertz CT molecular complexity index is 769. The van der Waals surface area contributed by atoms with Crippen molar-refractivity contribution in [1.82, 2.24) is 15.3 Å². The monoisotopic (exact) mass is 341 g/mol. The first-order valence-corrected chi connectivity index (χ1v) is 7.63. The van der Waals surface area contributed by atoms with Gasteiger partial charge in [-0.05, 0) is 53.7 Å². The predicted octanol–water partition coefficient (Wildman–Crippen LogP) is 4.01. The molecule has 1 unspecified atom stereocenters. The van der Waals surface area contributed by atoms with Gasteiger partial charge in [-0.2, -0.15) is 0 Å². The fourth-order valence-corrected chi connectivity index (χ4v) is 2.98. The molecule has 21 heavy (non-hydrogen) atoms. The minimum Gasteiger partial charge on any atom is -0.308 e. The number of fused-ring (bicyclic) bond motifs is 1. The largest absolute Gasteiger partial charge is 0.308 e. The van der Waals surface area contributed by atoms with Crippen LogP contribution < -0.4 is 5.32 Å². The number of hydrogen-bond acceptors (Lipinski definition) is 3. The quantitative estimate of drug-likeness (QED) is 0.782. The lowest BCUT2D eigenvalue weighted by atomic mass is 10.0. The van der Waals surface area contributed by atoms with E-state index in [0.717, 1.165) is 32.3 Å².